The minimum absolute atomic E-state index is 0.00889. The molecule has 30 heavy (non-hydrogen) atoms. The Morgan fingerprint density at radius 2 is 1.63 bits per heavy atom. The molecule has 0 radical (unpaired) electrons. The smallest absolute Gasteiger partial charge is 0.306 e. The van der Waals surface area contributed by atoms with Crippen LogP contribution in [0.15, 0.2) is 66.7 Å². The summed E-state index contributed by atoms with van der Waals surface area (Å²) in [6.45, 7) is -0.461. The average Bonchev–Trinajstić information content (AvgIpc) is 3.19. The molecule has 0 aliphatic rings. The van der Waals surface area contributed by atoms with Crippen molar-refractivity contribution in [3.05, 3.63) is 75.9 Å². The topological polar surface area (TPSA) is 81.7 Å². The maximum atomic E-state index is 12.2. The molecule has 0 saturated heterocycles. The van der Waals surface area contributed by atoms with Crippen LogP contribution < -0.4 is 10.1 Å². The lowest BCUT2D eigenvalue weighted by molar-refractivity contribution is -0.147. The van der Waals surface area contributed by atoms with Crippen LogP contribution in [-0.4, -0.2) is 24.3 Å². The highest BCUT2D eigenvalue weighted by Gasteiger charge is 2.14. The Morgan fingerprint density at radius 1 is 0.900 bits per heavy atom. The molecule has 3 rings (SSSR count). The van der Waals surface area contributed by atoms with Crippen molar-refractivity contribution in [2.24, 2.45) is 0 Å². The molecule has 1 aromatic heterocycles. The summed E-state index contributed by atoms with van der Waals surface area (Å²) in [5.41, 5.74) is 0.451. The number of esters is 1. The van der Waals surface area contributed by atoms with E-state index in [2.05, 4.69) is 5.32 Å². The third kappa shape index (κ3) is 6.43. The summed E-state index contributed by atoms with van der Waals surface area (Å²) in [6.07, 6.45) is -0.125. The van der Waals surface area contributed by atoms with E-state index in [-0.39, 0.29) is 18.6 Å². The molecule has 0 spiro atoms. The van der Waals surface area contributed by atoms with Gasteiger partial charge >= 0.3 is 5.97 Å². The highest BCUT2D eigenvalue weighted by Crippen LogP contribution is 2.29. The number of amides is 1. The van der Waals surface area contributed by atoms with E-state index in [1.54, 1.807) is 48.5 Å². The van der Waals surface area contributed by atoms with Crippen molar-refractivity contribution in [2.75, 3.05) is 11.9 Å². The minimum atomic E-state index is -0.630. The summed E-state index contributed by atoms with van der Waals surface area (Å²) >= 11 is 6.95. The normalized spacial score (nSPS) is 10.3. The number of halogens is 1. The molecule has 6 nitrogen and oxygen atoms in total. The number of nitrogens with one attached hydrogen (secondary N) is 1. The van der Waals surface area contributed by atoms with Crippen molar-refractivity contribution in [2.45, 2.75) is 12.8 Å². The molecule has 0 fully saturated rings. The maximum absolute atomic E-state index is 12.2. The first-order valence-electron chi connectivity index (χ1n) is 9.07. The van der Waals surface area contributed by atoms with Crippen LogP contribution >= 0.6 is 22.9 Å². The van der Waals surface area contributed by atoms with Crippen LogP contribution in [-0.2, 0) is 14.3 Å². The Hall–Kier alpha value is -3.16. The zero-order chi connectivity index (χ0) is 21.3. The summed E-state index contributed by atoms with van der Waals surface area (Å²) in [5.74, 6) is -0.245. The fraction of sp³-hybridized carbons (Fsp3) is 0.136. The fourth-order valence-electron chi connectivity index (χ4n) is 2.48. The Bertz CT molecular complexity index is 1030. The number of anilines is 1. The van der Waals surface area contributed by atoms with Gasteiger partial charge in [0.25, 0.3) is 5.91 Å². The highest BCUT2D eigenvalue weighted by molar-refractivity contribution is 7.18. The van der Waals surface area contributed by atoms with E-state index in [4.69, 9.17) is 21.1 Å². The van der Waals surface area contributed by atoms with Gasteiger partial charge < -0.3 is 14.8 Å². The number of carbonyl (C=O) groups excluding carboxylic acids is 3. The first-order chi connectivity index (χ1) is 14.5. The standard InChI is InChI=1S/C22H18ClNO5S/c23-20-12-11-19(30-20)17(25)10-13-22(27)28-14-21(26)24-16-8-4-5-9-18(16)29-15-6-2-1-3-7-15/h1-9,11-12H,10,13-14H2,(H,24,26). The first kappa shape index (κ1) is 21.5. The van der Waals surface area contributed by atoms with Crippen molar-refractivity contribution in [3.8, 4) is 11.5 Å². The zero-order valence-electron chi connectivity index (χ0n) is 15.8. The SMILES string of the molecule is O=C(COC(=O)CCC(=O)c1ccc(Cl)s1)Nc1ccccc1Oc1ccccc1. The molecule has 0 aliphatic carbocycles. The molecule has 2 aromatic carbocycles. The van der Waals surface area contributed by atoms with Crippen molar-refractivity contribution >= 4 is 46.3 Å². The fourth-order valence-corrected chi connectivity index (χ4v) is 3.49. The van der Waals surface area contributed by atoms with Crippen molar-refractivity contribution in [1.29, 1.82) is 0 Å². The van der Waals surface area contributed by atoms with Gasteiger partial charge in [0.15, 0.2) is 18.1 Å². The highest BCUT2D eigenvalue weighted by atomic mass is 35.5. The molecule has 0 aliphatic heterocycles. The molecule has 0 saturated carbocycles. The molecule has 3 aromatic rings. The van der Waals surface area contributed by atoms with Gasteiger partial charge in [-0.3, -0.25) is 14.4 Å². The van der Waals surface area contributed by atoms with E-state index in [1.165, 1.54) is 0 Å². The predicted molar refractivity (Wildman–Crippen MR) is 115 cm³/mol. The quantitative estimate of drug-likeness (QED) is 0.356. The second-order valence-corrected chi connectivity index (χ2v) is 7.86. The lowest BCUT2D eigenvalue weighted by Crippen LogP contribution is -2.21. The molecule has 0 atom stereocenters. The number of benzene rings is 2. The van der Waals surface area contributed by atoms with Gasteiger partial charge in [-0.2, -0.15) is 0 Å². The first-order valence-corrected chi connectivity index (χ1v) is 10.3. The lowest BCUT2D eigenvalue weighted by Gasteiger charge is -2.12. The van der Waals surface area contributed by atoms with Gasteiger partial charge in [-0.15, -0.1) is 11.3 Å². The summed E-state index contributed by atoms with van der Waals surface area (Å²) < 4.78 is 11.2. The molecule has 0 unspecified atom stereocenters. The van der Waals surface area contributed by atoms with Crippen LogP contribution in [0.2, 0.25) is 4.34 Å². The number of ether oxygens (including phenoxy) is 2. The summed E-state index contributed by atoms with van der Waals surface area (Å²) in [5, 5.41) is 2.66. The second-order valence-electron chi connectivity index (χ2n) is 6.15. The largest absolute Gasteiger partial charge is 0.456 e. The number of ketones is 1. The number of carbonyl (C=O) groups is 3. The summed E-state index contributed by atoms with van der Waals surface area (Å²) in [7, 11) is 0. The van der Waals surface area contributed by atoms with E-state index >= 15 is 0 Å². The number of rotatable bonds is 9. The number of thiophene rings is 1. The van der Waals surface area contributed by atoms with E-state index in [9.17, 15) is 14.4 Å². The van der Waals surface area contributed by atoms with Gasteiger partial charge in [-0.05, 0) is 36.4 Å². The lowest BCUT2D eigenvalue weighted by atomic mass is 10.2. The van der Waals surface area contributed by atoms with Crippen LogP contribution in [0.3, 0.4) is 0 Å². The Labute approximate surface area is 182 Å². The second kappa shape index (κ2) is 10.6. The maximum Gasteiger partial charge on any atom is 0.306 e. The zero-order valence-corrected chi connectivity index (χ0v) is 17.4. The van der Waals surface area contributed by atoms with Gasteiger partial charge in [0, 0.05) is 6.42 Å². The third-order valence-electron chi connectivity index (χ3n) is 3.90. The predicted octanol–water partition coefficient (Wildman–Crippen LogP) is 5.34. The monoisotopic (exact) mass is 443 g/mol. The van der Waals surface area contributed by atoms with E-state index < -0.39 is 18.5 Å². The molecular weight excluding hydrogens is 426 g/mol. The van der Waals surface area contributed by atoms with Crippen molar-refractivity contribution in [3.63, 3.8) is 0 Å². The minimum Gasteiger partial charge on any atom is -0.456 e. The van der Waals surface area contributed by atoms with Gasteiger partial charge in [0.2, 0.25) is 0 Å². The van der Waals surface area contributed by atoms with Gasteiger partial charge in [-0.1, -0.05) is 41.9 Å². The Kier molecular flexibility index (Phi) is 7.59. The molecule has 154 valence electrons. The molecular formula is C22H18ClNO5S. The summed E-state index contributed by atoms with van der Waals surface area (Å²) in [4.78, 5) is 36.5. The van der Waals surface area contributed by atoms with Gasteiger partial charge in [-0.25, -0.2) is 0 Å². The van der Waals surface area contributed by atoms with Crippen LogP contribution in [0.1, 0.15) is 22.5 Å². The van der Waals surface area contributed by atoms with Gasteiger partial charge in [0.05, 0.1) is 21.3 Å². The molecule has 0 bridgehead atoms. The van der Waals surface area contributed by atoms with E-state index in [1.807, 2.05) is 18.2 Å². The van der Waals surface area contributed by atoms with Crippen molar-refractivity contribution < 1.29 is 23.9 Å². The molecule has 8 heteroatoms. The molecule has 1 amide bonds. The molecule has 1 heterocycles. The Balaban J connectivity index is 1.46. The average molecular weight is 444 g/mol. The number of Topliss-reactive ketones (excluding diaryl/α,β-unsaturated/α-hetero) is 1. The number of hydrogen-bond donors (Lipinski definition) is 1. The van der Waals surface area contributed by atoms with Crippen molar-refractivity contribution in [1.82, 2.24) is 0 Å². The number of hydrogen-bond acceptors (Lipinski definition) is 6. The number of para-hydroxylation sites is 3. The van der Waals surface area contributed by atoms with Crippen LogP contribution in [0, 0.1) is 0 Å². The van der Waals surface area contributed by atoms with Gasteiger partial charge in [0.1, 0.15) is 5.75 Å². The third-order valence-corrected chi connectivity index (χ3v) is 5.17. The van der Waals surface area contributed by atoms with E-state index in [0.717, 1.165) is 11.3 Å². The van der Waals surface area contributed by atoms with Crippen LogP contribution in [0.4, 0.5) is 5.69 Å². The van der Waals surface area contributed by atoms with Crippen LogP contribution in [0.5, 0.6) is 11.5 Å². The Morgan fingerprint density at radius 3 is 2.37 bits per heavy atom. The molecule has 1 N–H and O–H groups in total. The summed E-state index contributed by atoms with van der Waals surface area (Å²) in [6, 6.07) is 19.3. The van der Waals surface area contributed by atoms with Crippen LogP contribution in [0.25, 0.3) is 0 Å². The van der Waals surface area contributed by atoms with E-state index in [0.29, 0.717) is 26.4 Å².